The molecule has 5 rings (SSSR count). The monoisotopic (exact) mass is 388 g/mol. The van der Waals surface area contributed by atoms with E-state index in [1.54, 1.807) is 10.7 Å². The van der Waals surface area contributed by atoms with Crippen LogP contribution >= 0.6 is 0 Å². The molecule has 2 aliphatic rings. The Morgan fingerprint density at radius 3 is 2.86 bits per heavy atom. The highest BCUT2D eigenvalue weighted by atomic mass is 15.3. The van der Waals surface area contributed by atoms with Crippen molar-refractivity contribution in [2.75, 3.05) is 42.5 Å². The zero-order valence-corrected chi connectivity index (χ0v) is 16.5. The van der Waals surface area contributed by atoms with Crippen LogP contribution in [0.1, 0.15) is 36.2 Å². The van der Waals surface area contributed by atoms with E-state index in [-0.39, 0.29) is 0 Å². The molecule has 1 saturated heterocycles. The Labute approximate surface area is 169 Å². The lowest BCUT2D eigenvalue weighted by molar-refractivity contribution is 0.552. The lowest BCUT2D eigenvalue weighted by atomic mass is 9.93. The van der Waals surface area contributed by atoms with E-state index in [4.69, 9.17) is 9.97 Å². The number of piperazine rings is 1. The van der Waals surface area contributed by atoms with Gasteiger partial charge in [0, 0.05) is 56.9 Å². The maximum Gasteiger partial charge on any atom is 0.225 e. The molecule has 1 fully saturated rings. The minimum atomic E-state index is 0.349. The first-order valence-corrected chi connectivity index (χ1v) is 10.2. The molecule has 29 heavy (non-hydrogen) atoms. The van der Waals surface area contributed by atoms with Crippen molar-refractivity contribution in [3.63, 3.8) is 0 Å². The number of rotatable bonds is 3. The molecule has 1 atom stereocenters. The molecule has 0 aliphatic carbocycles. The Bertz CT molecular complexity index is 1080. The molecule has 3 aromatic rings. The molecule has 2 aliphatic heterocycles. The van der Waals surface area contributed by atoms with Gasteiger partial charge in [0.1, 0.15) is 11.8 Å². The molecule has 8 nitrogen and oxygen atoms in total. The fraction of sp³-hybridized carbons (Fsp3) is 0.429. The van der Waals surface area contributed by atoms with E-state index in [1.807, 2.05) is 24.4 Å². The molecule has 0 spiro atoms. The van der Waals surface area contributed by atoms with Crippen molar-refractivity contribution in [3.8, 4) is 6.07 Å². The summed E-state index contributed by atoms with van der Waals surface area (Å²) in [6, 6.07) is 8.05. The van der Waals surface area contributed by atoms with Gasteiger partial charge in [0.15, 0.2) is 0 Å². The number of hydrogen-bond acceptors (Lipinski definition) is 7. The Balaban J connectivity index is 1.50. The highest BCUT2D eigenvalue weighted by Crippen LogP contribution is 2.34. The Morgan fingerprint density at radius 2 is 2.07 bits per heavy atom. The molecule has 8 heteroatoms. The fourth-order valence-electron chi connectivity index (χ4n) is 4.39. The van der Waals surface area contributed by atoms with Gasteiger partial charge >= 0.3 is 0 Å². The second-order valence-electron chi connectivity index (χ2n) is 7.65. The van der Waals surface area contributed by atoms with E-state index in [0.717, 1.165) is 62.8 Å². The van der Waals surface area contributed by atoms with Crippen LogP contribution in [0.4, 0.5) is 11.6 Å². The number of anilines is 2. The van der Waals surface area contributed by atoms with Gasteiger partial charge in [0.05, 0.1) is 23.1 Å². The highest BCUT2D eigenvalue weighted by molar-refractivity contribution is 5.74. The summed E-state index contributed by atoms with van der Waals surface area (Å²) in [5.41, 5.74) is 4.97. The van der Waals surface area contributed by atoms with Gasteiger partial charge < -0.3 is 15.1 Å². The summed E-state index contributed by atoms with van der Waals surface area (Å²) < 4.78 is 1.72. The number of nitrogens with one attached hydrogen (secondary N) is 1. The largest absolute Gasteiger partial charge is 0.365 e. The van der Waals surface area contributed by atoms with E-state index in [2.05, 4.69) is 33.2 Å². The molecule has 0 amide bonds. The smallest absolute Gasteiger partial charge is 0.225 e. The zero-order valence-electron chi connectivity index (χ0n) is 16.5. The Morgan fingerprint density at radius 1 is 1.21 bits per heavy atom. The average molecular weight is 388 g/mol. The third-order valence-corrected chi connectivity index (χ3v) is 5.95. The zero-order chi connectivity index (χ0) is 19.8. The predicted molar refractivity (Wildman–Crippen MR) is 111 cm³/mol. The lowest BCUT2D eigenvalue weighted by Crippen LogP contribution is -2.44. The van der Waals surface area contributed by atoms with Crippen molar-refractivity contribution in [1.29, 1.82) is 5.26 Å². The number of fused-ring (bicyclic) bond motifs is 2. The molecular weight excluding hydrogens is 364 g/mol. The fourth-order valence-corrected chi connectivity index (χ4v) is 4.39. The van der Waals surface area contributed by atoms with Crippen LogP contribution in [0.2, 0.25) is 0 Å². The predicted octanol–water partition coefficient (Wildman–Crippen LogP) is 1.92. The Kier molecular flexibility index (Phi) is 4.52. The summed E-state index contributed by atoms with van der Waals surface area (Å²) >= 11 is 0. The molecule has 0 unspecified atom stereocenters. The molecule has 1 N–H and O–H groups in total. The van der Waals surface area contributed by atoms with Crippen LogP contribution in [0.25, 0.3) is 5.52 Å². The van der Waals surface area contributed by atoms with Gasteiger partial charge in [-0.05, 0) is 24.6 Å². The first-order chi connectivity index (χ1) is 14.3. The maximum absolute atomic E-state index is 9.35. The second-order valence-corrected chi connectivity index (χ2v) is 7.65. The summed E-state index contributed by atoms with van der Waals surface area (Å²) in [7, 11) is 0. The minimum Gasteiger partial charge on any atom is -0.365 e. The van der Waals surface area contributed by atoms with E-state index in [1.165, 1.54) is 11.3 Å². The van der Waals surface area contributed by atoms with E-state index in [9.17, 15) is 5.26 Å². The van der Waals surface area contributed by atoms with Crippen LogP contribution in [0.3, 0.4) is 0 Å². The average Bonchev–Trinajstić information content (AvgIpc) is 3.28. The van der Waals surface area contributed by atoms with Crippen LogP contribution in [-0.4, -0.2) is 52.3 Å². The standard InChI is InChI=1S/C21H24N8/c1-2-15-13-28(18-4-3-17(11-22)29-19(18)5-6-25-29)14-16-12-24-21(26-20(15)16)27-9-7-23-8-10-27/h3-6,12,15,23H,2,7-10,13-14H2,1H3/t15-/m1/s1. The molecule has 0 radical (unpaired) electrons. The minimum absolute atomic E-state index is 0.349. The normalized spacial score (nSPS) is 19.2. The summed E-state index contributed by atoms with van der Waals surface area (Å²) in [5.74, 6) is 1.20. The van der Waals surface area contributed by atoms with Crippen molar-refractivity contribution in [1.82, 2.24) is 24.9 Å². The first kappa shape index (κ1) is 17.9. The van der Waals surface area contributed by atoms with Gasteiger partial charge in [-0.25, -0.2) is 14.5 Å². The van der Waals surface area contributed by atoms with Gasteiger partial charge in [-0.3, -0.25) is 0 Å². The molecular formula is C21H24N8. The molecule has 3 aromatic heterocycles. The van der Waals surface area contributed by atoms with Gasteiger partial charge in [-0.1, -0.05) is 6.92 Å². The number of nitrogens with zero attached hydrogens (tertiary/aromatic N) is 7. The summed E-state index contributed by atoms with van der Waals surface area (Å²) in [6.07, 6.45) is 4.77. The van der Waals surface area contributed by atoms with E-state index in [0.29, 0.717) is 11.6 Å². The van der Waals surface area contributed by atoms with Crippen molar-refractivity contribution in [2.45, 2.75) is 25.8 Å². The van der Waals surface area contributed by atoms with Crippen LogP contribution in [0.5, 0.6) is 0 Å². The van der Waals surface area contributed by atoms with Gasteiger partial charge in [0.2, 0.25) is 5.95 Å². The van der Waals surface area contributed by atoms with E-state index < -0.39 is 0 Å². The third-order valence-electron chi connectivity index (χ3n) is 5.95. The molecule has 0 bridgehead atoms. The molecule has 0 aromatic carbocycles. The third kappa shape index (κ3) is 3.08. The molecule has 0 saturated carbocycles. The first-order valence-electron chi connectivity index (χ1n) is 10.2. The van der Waals surface area contributed by atoms with Crippen LogP contribution in [-0.2, 0) is 6.54 Å². The van der Waals surface area contributed by atoms with Crippen LogP contribution in [0, 0.1) is 11.3 Å². The van der Waals surface area contributed by atoms with Gasteiger partial charge in [-0.15, -0.1) is 0 Å². The molecule has 148 valence electrons. The van der Waals surface area contributed by atoms with Crippen LogP contribution in [0.15, 0.2) is 30.6 Å². The van der Waals surface area contributed by atoms with Crippen molar-refractivity contribution >= 4 is 17.2 Å². The summed E-state index contributed by atoms with van der Waals surface area (Å²) in [4.78, 5) is 14.3. The number of hydrogen-bond donors (Lipinski definition) is 1. The SMILES string of the molecule is CC[C@@H]1CN(c2ccc(C#N)n3nccc23)Cc2cnc(N3CCNCC3)nc21. The van der Waals surface area contributed by atoms with Gasteiger partial charge in [-0.2, -0.15) is 10.4 Å². The van der Waals surface area contributed by atoms with Crippen molar-refractivity contribution in [2.24, 2.45) is 0 Å². The van der Waals surface area contributed by atoms with Crippen molar-refractivity contribution in [3.05, 3.63) is 47.5 Å². The highest BCUT2D eigenvalue weighted by Gasteiger charge is 2.28. The number of aromatic nitrogens is 4. The topological polar surface area (TPSA) is 85.4 Å². The van der Waals surface area contributed by atoms with Gasteiger partial charge in [0.25, 0.3) is 0 Å². The summed E-state index contributed by atoms with van der Waals surface area (Å²) in [6.45, 7) is 7.74. The molecule has 5 heterocycles. The summed E-state index contributed by atoms with van der Waals surface area (Å²) in [5, 5.41) is 17.1. The van der Waals surface area contributed by atoms with Crippen molar-refractivity contribution < 1.29 is 0 Å². The maximum atomic E-state index is 9.35. The second kappa shape index (κ2) is 7.33. The van der Waals surface area contributed by atoms with E-state index >= 15 is 0 Å². The number of pyridine rings is 1. The lowest BCUT2D eigenvalue weighted by Gasteiger charge is -2.36. The quantitative estimate of drug-likeness (QED) is 0.734. The Hall–Kier alpha value is -3.18. The van der Waals surface area contributed by atoms with Crippen LogP contribution < -0.4 is 15.1 Å². The number of nitriles is 1.